The van der Waals surface area contributed by atoms with Crippen molar-refractivity contribution in [3.05, 3.63) is 59.2 Å². The lowest BCUT2D eigenvalue weighted by Gasteiger charge is -2.34. The topological polar surface area (TPSA) is 61.4 Å². The van der Waals surface area contributed by atoms with E-state index >= 15 is 0 Å². The first-order valence-corrected chi connectivity index (χ1v) is 11.6. The van der Waals surface area contributed by atoms with E-state index in [1.54, 1.807) is 7.05 Å². The quantitative estimate of drug-likeness (QED) is 0.292. The van der Waals surface area contributed by atoms with Crippen LogP contribution < -0.4 is 20.1 Å². The van der Waals surface area contributed by atoms with Gasteiger partial charge < -0.3 is 25.0 Å². The number of halogens is 1. The summed E-state index contributed by atoms with van der Waals surface area (Å²) in [5.74, 6) is 2.46. The first-order chi connectivity index (χ1) is 15.7. The van der Waals surface area contributed by atoms with E-state index in [9.17, 15) is 0 Å². The van der Waals surface area contributed by atoms with Crippen molar-refractivity contribution in [2.75, 3.05) is 53.1 Å². The number of likely N-dealkylation sites (N-methyl/N-ethyl adjacent to an activating group) is 1. The minimum atomic E-state index is 0. The van der Waals surface area contributed by atoms with E-state index < -0.39 is 0 Å². The molecule has 0 saturated carbocycles. The fraction of sp³-hybridized carbons (Fsp3) is 0.480. The zero-order valence-electron chi connectivity index (χ0n) is 19.7. The van der Waals surface area contributed by atoms with Gasteiger partial charge in [-0.15, -0.1) is 24.0 Å². The third-order valence-electron chi connectivity index (χ3n) is 6.17. The minimum absolute atomic E-state index is 0. The predicted molar refractivity (Wildman–Crippen MR) is 144 cm³/mol. The van der Waals surface area contributed by atoms with Crippen LogP contribution in [0.4, 0.5) is 0 Å². The lowest BCUT2D eigenvalue weighted by molar-refractivity contribution is 0.132. The highest BCUT2D eigenvalue weighted by Gasteiger charge is 2.15. The third-order valence-corrected chi connectivity index (χ3v) is 6.17. The van der Waals surface area contributed by atoms with Crippen molar-refractivity contribution < 1.29 is 9.47 Å². The molecule has 2 aliphatic heterocycles. The molecule has 180 valence electrons. The number of rotatable bonds is 8. The fourth-order valence-corrected chi connectivity index (χ4v) is 4.11. The first-order valence-electron chi connectivity index (χ1n) is 11.6. The molecule has 4 rings (SSSR count). The van der Waals surface area contributed by atoms with Crippen molar-refractivity contribution in [3.63, 3.8) is 0 Å². The monoisotopic (exact) mass is 565 g/mol. The van der Waals surface area contributed by atoms with E-state index in [4.69, 9.17) is 9.47 Å². The molecule has 0 unspecified atom stereocenters. The molecule has 2 aliphatic rings. The van der Waals surface area contributed by atoms with Crippen LogP contribution in [0.3, 0.4) is 0 Å². The van der Waals surface area contributed by atoms with Gasteiger partial charge in [-0.05, 0) is 41.8 Å². The molecule has 0 amide bonds. The Kier molecular flexibility index (Phi) is 10.1. The number of nitrogens with zero attached hydrogens (tertiary/aromatic N) is 3. The largest absolute Gasteiger partial charge is 0.454 e. The Morgan fingerprint density at radius 3 is 2.27 bits per heavy atom. The molecule has 2 heterocycles. The second kappa shape index (κ2) is 13.0. The molecule has 2 aromatic carbocycles. The summed E-state index contributed by atoms with van der Waals surface area (Å²) in [6, 6.07) is 15.0. The van der Waals surface area contributed by atoms with E-state index in [1.807, 2.05) is 12.1 Å². The molecular weight excluding hydrogens is 529 g/mol. The van der Waals surface area contributed by atoms with Gasteiger partial charge in [0, 0.05) is 52.9 Å². The summed E-state index contributed by atoms with van der Waals surface area (Å²) < 4.78 is 10.8. The van der Waals surface area contributed by atoms with Crippen molar-refractivity contribution in [3.8, 4) is 11.5 Å². The Bertz CT molecular complexity index is 898. The summed E-state index contributed by atoms with van der Waals surface area (Å²) in [6.45, 7) is 11.0. The summed E-state index contributed by atoms with van der Waals surface area (Å²) in [5, 5.41) is 6.79. The Balaban J connectivity index is 0.00000306. The second-order valence-electron chi connectivity index (χ2n) is 8.32. The molecule has 0 spiro atoms. The minimum Gasteiger partial charge on any atom is -0.454 e. The highest BCUT2D eigenvalue weighted by atomic mass is 127. The second-order valence-corrected chi connectivity index (χ2v) is 8.32. The zero-order chi connectivity index (χ0) is 22.2. The molecule has 0 radical (unpaired) electrons. The van der Waals surface area contributed by atoms with Gasteiger partial charge in [0.25, 0.3) is 0 Å². The molecule has 0 bridgehead atoms. The number of nitrogens with one attached hydrogen (secondary N) is 2. The molecule has 2 N–H and O–H groups in total. The normalized spacial score (nSPS) is 16.4. The van der Waals surface area contributed by atoms with Gasteiger partial charge in [0.2, 0.25) is 6.79 Å². The third kappa shape index (κ3) is 7.48. The number of aliphatic imine (C=N–C) groups is 1. The van der Waals surface area contributed by atoms with Crippen LogP contribution in [0, 0.1) is 0 Å². The van der Waals surface area contributed by atoms with Gasteiger partial charge in [-0.3, -0.25) is 9.89 Å². The molecular formula is C25H36IN5O2. The maximum Gasteiger partial charge on any atom is 0.231 e. The Labute approximate surface area is 214 Å². The zero-order valence-corrected chi connectivity index (χ0v) is 22.0. The fourth-order valence-electron chi connectivity index (χ4n) is 4.11. The standard InChI is InChI=1S/C25H35N5O2.HI/c1-3-29-12-14-30(15-13-29)18-22-6-4-21(5-7-22)17-28-25(26-2)27-11-10-20-8-9-23-24(16-20)32-19-31-23;/h4-9,16H,3,10-15,17-19H2,1-2H3,(H2,26,27,28);1H. The molecule has 7 nitrogen and oxygen atoms in total. The lowest BCUT2D eigenvalue weighted by Crippen LogP contribution is -2.45. The Hall–Kier alpha value is -2.04. The first kappa shape index (κ1) is 25.6. The van der Waals surface area contributed by atoms with Gasteiger partial charge in [0.1, 0.15) is 0 Å². The van der Waals surface area contributed by atoms with Crippen LogP contribution in [0.5, 0.6) is 11.5 Å². The molecule has 2 aromatic rings. The summed E-state index contributed by atoms with van der Waals surface area (Å²) in [7, 11) is 1.80. The van der Waals surface area contributed by atoms with Crippen molar-refractivity contribution >= 4 is 29.9 Å². The van der Waals surface area contributed by atoms with Crippen LogP contribution >= 0.6 is 24.0 Å². The number of hydrogen-bond donors (Lipinski definition) is 2. The number of piperazine rings is 1. The van der Waals surface area contributed by atoms with Gasteiger partial charge >= 0.3 is 0 Å². The van der Waals surface area contributed by atoms with Gasteiger partial charge in [-0.2, -0.15) is 0 Å². The Morgan fingerprint density at radius 1 is 0.879 bits per heavy atom. The van der Waals surface area contributed by atoms with Crippen LogP contribution in [-0.4, -0.2) is 68.9 Å². The van der Waals surface area contributed by atoms with Crippen LogP contribution in [0.2, 0.25) is 0 Å². The molecule has 1 saturated heterocycles. The molecule has 1 fully saturated rings. The van der Waals surface area contributed by atoms with Crippen LogP contribution in [0.15, 0.2) is 47.5 Å². The molecule has 0 atom stereocenters. The van der Waals surface area contributed by atoms with Crippen molar-refractivity contribution in [1.82, 2.24) is 20.4 Å². The summed E-state index contributed by atoms with van der Waals surface area (Å²) in [4.78, 5) is 9.40. The van der Waals surface area contributed by atoms with Crippen molar-refractivity contribution in [2.45, 2.75) is 26.4 Å². The maximum atomic E-state index is 5.45. The van der Waals surface area contributed by atoms with Gasteiger partial charge in [0.15, 0.2) is 17.5 Å². The van der Waals surface area contributed by atoms with E-state index in [0.29, 0.717) is 6.79 Å². The molecule has 33 heavy (non-hydrogen) atoms. The number of guanidine groups is 1. The van der Waals surface area contributed by atoms with Crippen molar-refractivity contribution in [2.24, 2.45) is 4.99 Å². The summed E-state index contributed by atoms with van der Waals surface area (Å²) in [6.07, 6.45) is 0.887. The Morgan fingerprint density at radius 2 is 1.55 bits per heavy atom. The van der Waals surface area contributed by atoms with E-state index in [2.05, 4.69) is 62.7 Å². The van der Waals surface area contributed by atoms with Gasteiger partial charge in [-0.25, -0.2) is 0 Å². The maximum absolute atomic E-state index is 5.45. The van der Waals surface area contributed by atoms with E-state index in [-0.39, 0.29) is 24.0 Å². The molecule has 0 aliphatic carbocycles. The summed E-state index contributed by atoms with van der Waals surface area (Å²) in [5.41, 5.74) is 3.84. The number of ether oxygens (including phenoxy) is 2. The van der Waals surface area contributed by atoms with Crippen LogP contribution in [-0.2, 0) is 19.5 Å². The highest BCUT2D eigenvalue weighted by molar-refractivity contribution is 14.0. The predicted octanol–water partition coefficient (Wildman–Crippen LogP) is 3.08. The average Bonchev–Trinajstić information content (AvgIpc) is 3.31. The van der Waals surface area contributed by atoms with Crippen LogP contribution in [0.1, 0.15) is 23.6 Å². The number of benzene rings is 2. The SMILES string of the molecule is CCN1CCN(Cc2ccc(CNC(=NC)NCCc3ccc4c(c3)OCO4)cc2)CC1.I. The average molecular weight is 566 g/mol. The number of hydrogen-bond acceptors (Lipinski definition) is 5. The van der Waals surface area contributed by atoms with Crippen LogP contribution in [0.25, 0.3) is 0 Å². The van der Waals surface area contributed by atoms with Gasteiger partial charge in [0.05, 0.1) is 0 Å². The smallest absolute Gasteiger partial charge is 0.231 e. The number of fused-ring (bicyclic) bond motifs is 1. The highest BCUT2D eigenvalue weighted by Crippen LogP contribution is 2.32. The molecule has 0 aromatic heterocycles. The van der Waals surface area contributed by atoms with E-state index in [1.165, 1.54) is 29.8 Å². The summed E-state index contributed by atoms with van der Waals surface area (Å²) >= 11 is 0. The van der Waals surface area contributed by atoms with Crippen molar-refractivity contribution in [1.29, 1.82) is 0 Å². The van der Waals surface area contributed by atoms with Gasteiger partial charge in [-0.1, -0.05) is 37.3 Å². The molecule has 8 heteroatoms. The lowest BCUT2D eigenvalue weighted by atomic mass is 10.1. The van der Waals surface area contributed by atoms with E-state index in [0.717, 1.165) is 63.1 Å².